The molecule has 7 nitrogen and oxygen atoms in total. The maximum Gasteiger partial charge on any atom is 0.315 e. The molecule has 1 fully saturated rings. The van der Waals surface area contributed by atoms with E-state index < -0.39 is 0 Å². The zero-order chi connectivity index (χ0) is 17.4. The van der Waals surface area contributed by atoms with Gasteiger partial charge in [-0.05, 0) is 25.3 Å². The average Bonchev–Trinajstić information content (AvgIpc) is 2.56. The lowest BCUT2D eigenvalue weighted by Crippen LogP contribution is -2.43. The highest BCUT2D eigenvalue weighted by molar-refractivity contribution is 5.90. The number of aromatic nitrogens is 1. The number of pyridine rings is 1. The number of hydrogen-bond donors (Lipinski definition) is 3. The first-order chi connectivity index (χ1) is 11.5. The number of aryl methyl sites for hydroxylation is 1. The summed E-state index contributed by atoms with van der Waals surface area (Å²) in [6.07, 6.45) is 8.17. The van der Waals surface area contributed by atoms with Crippen LogP contribution >= 0.6 is 0 Å². The maximum absolute atomic E-state index is 11.8. The molecule has 3 N–H and O–H groups in total. The van der Waals surface area contributed by atoms with Crippen LogP contribution in [0.2, 0.25) is 0 Å². The third-order valence-electron chi connectivity index (χ3n) is 4.18. The minimum absolute atomic E-state index is 0.124. The highest BCUT2D eigenvalue weighted by Crippen LogP contribution is 2.17. The Morgan fingerprint density at radius 1 is 1.21 bits per heavy atom. The van der Waals surface area contributed by atoms with E-state index in [0.717, 1.165) is 12.8 Å². The van der Waals surface area contributed by atoms with Crippen LogP contribution < -0.4 is 21.5 Å². The number of carbonyl (C=O) groups is 2. The molecule has 7 heteroatoms. The number of hydrogen-bond acceptors (Lipinski definition) is 3. The fraction of sp³-hybridized carbons (Fsp3) is 0.588. The summed E-state index contributed by atoms with van der Waals surface area (Å²) in [5, 5.41) is 8.50. The Labute approximate surface area is 141 Å². The molecule has 1 aromatic heterocycles. The van der Waals surface area contributed by atoms with Crippen molar-refractivity contribution in [2.24, 2.45) is 7.05 Å². The molecule has 0 radical (unpaired) electrons. The van der Waals surface area contributed by atoms with Crippen LogP contribution in [0.1, 0.15) is 44.9 Å². The van der Waals surface area contributed by atoms with Gasteiger partial charge in [-0.1, -0.05) is 19.3 Å². The first-order valence-corrected chi connectivity index (χ1v) is 8.55. The molecule has 0 aromatic carbocycles. The van der Waals surface area contributed by atoms with Crippen LogP contribution in [0.5, 0.6) is 0 Å². The quantitative estimate of drug-likeness (QED) is 0.692. The van der Waals surface area contributed by atoms with Crippen LogP contribution in [0.4, 0.5) is 10.5 Å². The molecule has 24 heavy (non-hydrogen) atoms. The maximum atomic E-state index is 11.8. The van der Waals surface area contributed by atoms with Gasteiger partial charge >= 0.3 is 6.03 Å². The summed E-state index contributed by atoms with van der Waals surface area (Å²) in [5.74, 6) is -0.136. The van der Waals surface area contributed by atoms with Gasteiger partial charge in [0.15, 0.2) is 0 Å². The van der Waals surface area contributed by atoms with E-state index >= 15 is 0 Å². The fourth-order valence-electron chi connectivity index (χ4n) is 2.83. The van der Waals surface area contributed by atoms with Crippen molar-refractivity contribution in [2.75, 3.05) is 11.9 Å². The summed E-state index contributed by atoms with van der Waals surface area (Å²) in [4.78, 5) is 34.9. The molecular formula is C17H26N4O3. The van der Waals surface area contributed by atoms with Gasteiger partial charge in [-0.15, -0.1) is 0 Å². The molecule has 0 aliphatic heterocycles. The van der Waals surface area contributed by atoms with Gasteiger partial charge < -0.3 is 20.5 Å². The Kier molecular flexibility index (Phi) is 6.84. The third-order valence-corrected chi connectivity index (χ3v) is 4.18. The number of rotatable bonds is 6. The summed E-state index contributed by atoms with van der Waals surface area (Å²) in [7, 11) is 1.63. The van der Waals surface area contributed by atoms with E-state index in [0.29, 0.717) is 25.1 Å². The Morgan fingerprint density at radius 3 is 2.67 bits per heavy atom. The fourth-order valence-corrected chi connectivity index (χ4v) is 2.83. The number of nitrogens with one attached hydrogen (secondary N) is 3. The van der Waals surface area contributed by atoms with Gasteiger partial charge in [-0.25, -0.2) is 4.79 Å². The summed E-state index contributed by atoms with van der Waals surface area (Å²) in [6.45, 7) is 0.458. The Balaban J connectivity index is 1.60. The van der Waals surface area contributed by atoms with Crippen molar-refractivity contribution in [1.29, 1.82) is 0 Å². The molecule has 0 spiro atoms. The summed E-state index contributed by atoms with van der Waals surface area (Å²) in [6, 6.07) is 3.12. The minimum atomic E-state index is -0.152. The molecule has 0 atom stereocenters. The molecule has 1 heterocycles. The van der Waals surface area contributed by atoms with Gasteiger partial charge in [0.2, 0.25) is 11.5 Å². The molecule has 1 aliphatic carbocycles. The van der Waals surface area contributed by atoms with E-state index in [4.69, 9.17) is 0 Å². The van der Waals surface area contributed by atoms with Crippen molar-refractivity contribution in [3.8, 4) is 0 Å². The number of anilines is 1. The summed E-state index contributed by atoms with van der Waals surface area (Å²) < 4.78 is 1.41. The molecule has 0 bridgehead atoms. The standard InChI is InChI=1S/C17H26N4O3/c1-21-12-14(9-10-16(21)23)19-15(22)8-5-11-18-17(24)20-13-6-3-2-4-7-13/h9-10,12-13H,2-8,11H2,1H3,(H,19,22)(H2,18,20,24). The predicted molar refractivity (Wildman–Crippen MR) is 93.0 cm³/mol. The van der Waals surface area contributed by atoms with Crippen LogP contribution in [0.3, 0.4) is 0 Å². The van der Waals surface area contributed by atoms with Crippen LogP contribution in [0.25, 0.3) is 0 Å². The molecule has 132 valence electrons. The lowest BCUT2D eigenvalue weighted by atomic mass is 9.96. The van der Waals surface area contributed by atoms with Crippen molar-refractivity contribution in [2.45, 2.75) is 51.0 Å². The van der Waals surface area contributed by atoms with Gasteiger partial charge in [0.05, 0.1) is 5.69 Å². The van der Waals surface area contributed by atoms with Gasteiger partial charge in [0, 0.05) is 38.3 Å². The van der Waals surface area contributed by atoms with Gasteiger partial charge in [-0.3, -0.25) is 9.59 Å². The summed E-state index contributed by atoms with van der Waals surface area (Å²) in [5.41, 5.74) is 0.464. The van der Waals surface area contributed by atoms with E-state index in [1.54, 1.807) is 19.3 Å². The molecule has 0 saturated heterocycles. The Hall–Kier alpha value is -2.31. The first-order valence-electron chi connectivity index (χ1n) is 8.55. The van der Waals surface area contributed by atoms with Crippen molar-refractivity contribution in [3.63, 3.8) is 0 Å². The lowest BCUT2D eigenvalue weighted by molar-refractivity contribution is -0.116. The molecule has 3 amide bonds. The monoisotopic (exact) mass is 334 g/mol. The van der Waals surface area contributed by atoms with Crippen LogP contribution in [0.15, 0.2) is 23.1 Å². The second kappa shape index (κ2) is 9.10. The van der Waals surface area contributed by atoms with E-state index in [9.17, 15) is 14.4 Å². The predicted octanol–water partition coefficient (Wildman–Crippen LogP) is 1.74. The van der Waals surface area contributed by atoms with E-state index in [1.807, 2.05) is 0 Å². The first kappa shape index (κ1) is 18.0. The normalized spacial score (nSPS) is 14.9. The number of carbonyl (C=O) groups excluding carboxylic acids is 2. The summed E-state index contributed by atoms with van der Waals surface area (Å²) >= 11 is 0. The van der Waals surface area contributed by atoms with Gasteiger partial charge in [0.25, 0.3) is 0 Å². The second-order valence-electron chi connectivity index (χ2n) is 6.25. The van der Waals surface area contributed by atoms with E-state index in [-0.39, 0.29) is 23.5 Å². The second-order valence-corrected chi connectivity index (χ2v) is 6.25. The smallest absolute Gasteiger partial charge is 0.315 e. The van der Waals surface area contributed by atoms with Crippen LogP contribution in [0, 0.1) is 0 Å². The van der Waals surface area contributed by atoms with Crippen molar-refractivity contribution in [1.82, 2.24) is 15.2 Å². The molecule has 1 aliphatic rings. The van der Waals surface area contributed by atoms with E-state index in [2.05, 4.69) is 16.0 Å². The Morgan fingerprint density at radius 2 is 1.96 bits per heavy atom. The molecular weight excluding hydrogens is 308 g/mol. The zero-order valence-electron chi connectivity index (χ0n) is 14.1. The third kappa shape index (κ3) is 6.06. The van der Waals surface area contributed by atoms with Gasteiger partial charge in [0.1, 0.15) is 0 Å². The van der Waals surface area contributed by atoms with Crippen LogP contribution in [-0.2, 0) is 11.8 Å². The largest absolute Gasteiger partial charge is 0.338 e. The average molecular weight is 334 g/mol. The van der Waals surface area contributed by atoms with E-state index in [1.165, 1.54) is 29.9 Å². The highest BCUT2D eigenvalue weighted by Gasteiger charge is 2.15. The molecule has 1 saturated carbocycles. The van der Waals surface area contributed by atoms with Crippen molar-refractivity contribution < 1.29 is 9.59 Å². The molecule has 0 unspecified atom stereocenters. The van der Waals surface area contributed by atoms with Crippen molar-refractivity contribution in [3.05, 3.63) is 28.7 Å². The molecule has 1 aromatic rings. The highest BCUT2D eigenvalue weighted by atomic mass is 16.2. The SMILES string of the molecule is Cn1cc(NC(=O)CCCNC(=O)NC2CCCCC2)ccc1=O. The van der Waals surface area contributed by atoms with Crippen molar-refractivity contribution >= 4 is 17.6 Å². The number of amides is 3. The number of nitrogens with zero attached hydrogens (tertiary/aromatic N) is 1. The van der Waals surface area contributed by atoms with Gasteiger partial charge in [-0.2, -0.15) is 0 Å². The topological polar surface area (TPSA) is 92.2 Å². The Bertz CT molecular complexity index is 621. The lowest BCUT2D eigenvalue weighted by Gasteiger charge is -2.22. The molecule has 2 rings (SSSR count). The number of urea groups is 1. The minimum Gasteiger partial charge on any atom is -0.338 e. The zero-order valence-corrected chi connectivity index (χ0v) is 14.1. The van der Waals surface area contributed by atoms with Crippen LogP contribution in [-0.4, -0.2) is 29.1 Å².